The highest BCUT2D eigenvalue weighted by Gasteiger charge is 2.05. The molecule has 0 bridgehead atoms. The number of amides is 1. The second kappa shape index (κ2) is 9.49. The molecule has 3 aromatic rings. The highest BCUT2D eigenvalue weighted by Crippen LogP contribution is 2.20. The van der Waals surface area contributed by atoms with Crippen molar-refractivity contribution in [2.75, 3.05) is 17.2 Å². The number of ether oxygens (including phenoxy) is 1. The Bertz CT molecular complexity index is 942. The van der Waals surface area contributed by atoms with E-state index in [9.17, 15) is 4.79 Å². The van der Waals surface area contributed by atoms with Gasteiger partial charge in [0.05, 0.1) is 0 Å². The zero-order valence-corrected chi connectivity index (χ0v) is 16.8. The van der Waals surface area contributed by atoms with Crippen LogP contribution in [0.2, 0.25) is 10.0 Å². The second-order valence-electron chi connectivity index (χ2n) is 6.31. The Kier molecular flexibility index (Phi) is 6.80. The quantitative estimate of drug-likeness (QED) is 0.503. The van der Waals surface area contributed by atoms with Gasteiger partial charge in [-0.3, -0.25) is 4.79 Å². The number of anilines is 2. The smallest absolute Gasteiger partial charge is 0.262 e. The fraction of sp³-hybridized carbons (Fsp3) is 0.136. The predicted octanol–water partition coefficient (Wildman–Crippen LogP) is 5.93. The number of rotatable bonds is 7. The lowest BCUT2D eigenvalue weighted by atomic mass is 10.2. The van der Waals surface area contributed by atoms with Crippen molar-refractivity contribution in [1.29, 1.82) is 0 Å². The lowest BCUT2D eigenvalue weighted by Gasteiger charge is -2.10. The Morgan fingerprint density at radius 2 is 1.61 bits per heavy atom. The summed E-state index contributed by atoms with van der Waals surface area (Å²) in [7, 11) is 0. The molecule has 0 unspecified atom stereocenters. The van der Waals surface area contributed by atoms with Gasteiger partial charge in [0, 0.05) is 28.0 Å². The molecule has 2 N–H and O–H groups in total. The van der Waals surface area contributed by atoms with Gasteiger partial charge in [-0.15, -0.1) is 0 Å². The molecule has 6 heteroatoms. The van der Waals surface area contributed by atoms with Gasteiger partial charge in [0.2, 0.25) is 0 Å². The Labute approximate surface area is 174 Å². The number of hydrogen-bond acceptors (Lipinski definition) is 3. The van der Waals surface area contributed by atoms with Gasteiger partial charge >= 0.3 is 0 Å². The third-order valence-electron chi connectivity index (χ3n) is 4.09. The van der Waals surface area contributed by atoms with Crippen molar-refractivity contribution < 1.29 is 9.53 Å². The Hall–Kier alpha value is -2.69. The average Bonchev–Trinajstić information content (AvgIpc) is 2.69. The number of nitrogens with one attached hydrogen (secondary N) is 2. The van der Waals surface area contributed by atoms with Crippen molar-refractivity contribution in [2.45, 2.75) is 13.5 Å². The van der Waals surface area contributed by atoms with Gasteiger partial charge in [0.25, 0.3) is 5.91 Å². The van der Waals surface area contributed by atoms with Crippen LogP contribution in [0.5, 0.6) is 5.75 Å². The van der Waals surface area contributed by atoms with Crippen LogP contribution < -0.4 is 15.4 Å². The molecule has 144 valence electrons. The number of benzene rings is 3. The van der Waals surface area contributed by atoms with E-state index >= 15 is 0 Å². The SMILES string of the molecule is Cc1ccc(NC(=O)COc2ccc(CNc3ccc(Cl)cc3)cc2)cc1Cl. The van der Waals surface area contributed by atoms with Gasteiger partial charge in [0.15, 0.2) is 6.61 Å². The first-order valence-corrected chi connectivity index (χ1v) is 9.52. The van der Waals surface area contributed by atoms with Crippen molar-refractivity contribution in [3.8, 4) is 5.75 Å². The second-order valence-corrected chi connectivity index (χ2v) is 7.15. The van der Waals surface area contributed by atoms with E-state index in [0.29, 0.717) is 28.0 Å². The molecule has 0 saturated carbocycles. The van der Waals surface area contributed by atoms with Crippen LogP contribution in [0.1, 0.15) is 11.1 Å². The zero-order valence-electron chi connectivity index (χ0n) is 15.3. The summed E-state index contributed by atoms with van der Waals surface area (Å²) in [5.74, 6) is 0.390. The lowest BCUT2D eigenvalue weighted by Crippen LogP contribution is -2.20. The van der Waals surface area contributed by atoms with E-state index in [-0.39, 0.29) is 12.5 Å². The number of carbonyl (C=O) groups is 1. The molecule has 0 aliphatic heterocycles. The predicted molar refractivity (Wildman–Crippen MR) is 116 cm³/mol. The minimum atomic E-state index is -0.242. The molecule has 0 saturated heterocycles. The first kappa shape index (κ1) is 20.1. The summed E-state index contributed by atoms with van der Waals surface area (Å²) >= 11 is 11.9. The van der Waals surface area contributed by atoms with E-state index in [1.807, 2.05) is 67.6 Å². The van der Waals surface area contributed by atoms with E-state index in [2.05, 4.69) is 10.6 Å². The molecule has 0 atom stereocenters. The van der Waals surface area contributed by atoms with Crippen LogP contribution in [0.4, 0.5) is 11.4 Å². The van der Waals surface area contributed by atoms with E-state index in [0.717, 1.165) is 16.8 Å². The highest BCUT2D eigenvalue weighted by molar-refractivity contribution is 6.31. The summed E-state index contributed by atoms with van der Waals surface area (Å²) in [5, 5.41) is 7.41. The summed E-state index contributed by atoms with van der Waals surface area (Å²) in [6, 6.07) is 20.5. The molecular weight excluding hydrogens is 395 g/mol. The Morgan fingerprint density at radius 1 is 0.929 bits per heavy atom. The number of hydrogen-bond donors (Lipinski definition) is 2. The van der Waals surface area contributed by atoms with Gasteiger partial charge in [-0.25, -0.2) is 0 Å². The van der Waals surface area contributed by atoms with Gasteiger partial charge in [-0.1, -0.05) is 41.4 Å². The summed E-state index contributed by atoms with van der Waals surface area (Å²) in [4.78, 5) is 12.0. The first-order chi connectivity index (χ1) is 13.5. The molecule has 0 spiro atoms. The Morgan fingerprint density at radius 3 is 2.29 bits per heavy atom. The molecule has 0 aliphatic rings. The van der Waals surface area contributed by atoms with E-state index in [1.54, 1.807) is 6.07 Å². The minimum Gasteiger partial charge on any atom is -0.484 e. The molecular formula is C22H20Cl2N2O2. The summed E-state index contributed by atoms with van der Waals surface area (Å²) < 4.78 is 5.54. The lowest BCUT2D eigenvalue weighted by molar-refractivity contribution is -0.118. The van der Waals surface area contributed by atoms with Crippen LogP contribution in [0.25, 0.3) is 0 Å². The van der Waals surface area contributed by atoms with Gasteiger partial charge < -0.3 is 15.4 Å². The molecule has 0 aliphatic carbocycles. The molecule has 0 fully saturated rings. The topological polar surface area (TPSA) is 50.4 Å². The van der Waals surface area contributed by atoms with Crippen LogP contribution in [0, 0.1) is 6.92 Å². The third-order valence-corrected chi connectivity index (χ3v) is 4.75. The normalized spacial score (nSPS) is 10.4. The van der Waals surface area contributed by atoms with Gasteiger partial charge in [-0.05, 0) is 66.6 Å². The van der Waals surface area contributed by atoms with Crippen molar-refractivity contribution >= 4 is 40.5 Å². The van der Waals surface area contributed by atoms with Crippen LogP contribution in [0.3, 0.4) is 0 Å². The molecule has 3 aromatic carbocycles. The molecule has 1 amide bonds. The van der Waals surface area contributed by atoms with Gasteiger partial charge in [0.1, 0.15) is 5.75 Å². The number of halogens is 2. The maximum absolute atomic E-state index is 12.0. The fourth-order valence-electron chi connectivity index (χ4n) is 2.49. The fourth-order valence-corrected chi connectivity index (χ4v) is 2.80. The molecule has 0 radical (unpaired) electrons. The Balaban J connectivity index is 1.46. The number of aryl methyl sites for hydroxylation is 1. The molecule has 3 rings (SSSR count). The third kappa shape index (κ3) is 5.91. The summed E-state index contributed by atoms with van der Waals surface area (Å²) in [6.45, 7) is 2.51. The van der Waals surface area contributed by atoms with Crippen molar-refractivity contribution in [2.24, 2.45) is 0 Å². The summed E-state index contributed by atoms with van der Waals surface area (Å²) in [5.41, 5.74) is 3.70. The summed E-state index contributed by atoms with van der Waals surface area (Å²) in [6.07, 6.45) is 0. The van der Waals surface area contributed by atoms with Gasteiger partial charge in [-0.2, -0.15) is 0 Å². The average molecular weight is 415 g/mol. The van der Waals surface area contributed by atoms with Crippen molar-refractivity contribution in [3.05, 3.63) is 87.9 Å². The van der Waals surface area contributed by atoms with Crippen LogP contribution in [0.15, 0.2) is 66.7 Å². The van der Waals surface area contributed by atoms with Crippen molar-refractivity contribution in [3.63, 3.8) is 0 Å². The van der Waals surface area contributed by atoms with E-state index in [4.69, 9.17) is 27.9 Å². The molecule has 4 nitrogen and oxygen atoms in total. The molecule has 0 aromatic heterocycles. The zero-order chi connectivity index (χ0) is 19.9. The highest BCUT2D eigenvalue weighted by atomic mass is 35.5. The standard InChI is InChI=1S/C22H20Cl2N2O2/c1-15-2-7-19(12-21(15)24)26-22(27)14-28-20-10-3-16(4-11-20)13-25-18-8-5-17(23)6-9-18/h2-12,25H,13-14H2,1H3,(H,26,27). The minimum absolute atomic E-state index is 0.0755. The molecule has 0 heterocycles. The maximum atomic E-state index is 12.0. The van der Waals surface area contributed by atoms with Crippen LogP contribution >= 0.6 is 23.2 Å². The largest absolute Gasteiger partial charge is 0.484 e. The molecule has 28 heavy (non-hydrogen) atoms. The van der Waals surface area contributed by atoms with Crippen molar-refractivity contribution in [1.82, 2.24) is 0 Å². The van der Waals surface area contributed by atoms with E-state index < -0.39 is 0 Å². The number of carbonyl (C=O) groups excluding carboxylic acids is 1. The van der Waals surface area contributed by atoms with E-state index in [1.165, 1.54) is 0 Å². The maximum Gasteiger partial charge on any atom is 0.262 e. The van der Waals surface area contributed by atoms with Crippen LogP contribution in [-0.2, 0) is 11.3 Å². The monoisotopic (exact) mass is 414 g/mol. The first-order valence-electron chi connectivity index (χ1n) is 8.77. The van der Waals surface area contributed by atoms with Crippen LogP contribution in [-0.4, -0.2) is 12.5 Å².